The van der Waals surface area contributed by atoms with E-state index in [-0.39, 0.29) is 19.0 Å². The molecule has 2 rings (SSSR count). The maximum Gasteiger partial charge on any atom is 0.394 e. The SMILES string of the molecule is CC1(C)C(C(F)(F)F)CCN1C(=O)N1CCCC1. The smallest absolute Gasteiger partial charge is 0.325 e. The lowest BCUT2D eigenvalue weighted by Crippen LogP contribution is -2.53. The third kappa shape index (κ3) is 2.17. The molecular weight excluding hydrogens is 245 g/mol. The molecule has 3 nitrogen and oxygen atoms in total. The first-order chi connectivity index (χ1) is 8.24. The van der Waals surface area contributed by atoms with E-state index in [1.54, 1.807) is 4.90 Å². The normalized spacial score (nSPS) is 27.9. The van der Waals surface area contributed by atoms with Gasteiger partial charge in [0.25, 0.3) is 0 Å². The Bertz CT molecular complexity index is 335. The van der Waals surface area contributed by atoms with E-state index in [0.29, 0.717) is 13.1 Å². The van der Waals surface area contributed by atoms with Crippen LogP contribution in [-0.2, 0) is 0 Å². The molecule has 104 valence electrons. The lowest BCUT2D eigenvalue weighted by atomic mass is 9.88. The fourth-order valence-corrected chi connectivity index (χ4v) is 3.07. The third-order valence-electron chi connectivity index (χ3n) is 4.19. The zero-order valence-corrected chi connectivity index (χ0v) is 10.8. The summed E-state index contributed by atoms with van der Waals surface area (Å²) in [5.74, 6) is -1.42. The molecule has 2 saturated heterocycles. The average Bonchev–Trinajstić information content (AvgIpc) is 2.81. The van der Waals surface area contributed by atoms with Crippen molar-refractivity contribution in [3.63, 3.8) is 0 Å². The molecule has 2 amide bonds. The number of rotatable bonds is 0. The summed E-state index contributed by atoms with van der Waals surface area (Å²) in [6.07, 6.45) is -2.33. The molecule has 1 atom stereocenters. The van der Waals surface area contributed by atoms with E-state index in [9.17, 15) is 18.0 Å². The Morgan fingerprint density at radius 2 is 1.72 bits per heavy atom. The molecular formula is C12H19F3N2O. The first kappa shape index (κ1) is 13.5. The largest absolute Gasteiger partial charge is 0.394 e. The number of amides is 2. The summed E-state index contributed by atoms with van der Waals surface area (Å²) in [6.45, 7) is 4.58. The Kier molecular flexibility index (Phi) is 3.23. The number of urea groups is 1. The Labute approximate surface area is 105 Å². The van der Waals surface area contributed by atoms with Crippen molar-refractivity contribution in [1.82, 2.24) is 9.80 Å². The highest BCUT2D eigenvalue weighted by Gasteiger charge is 2.56. The van der Waals surface area contributed by atoms with Crippen LogP contribution in [0.1, 0.15) is 33.1 Å². The lowest BCUT2D eigenvalue weighted by Gasteiger charge is -2.38. The van der Waals surface area contributed by atoms with Gasteiger partial charge in [-0.3, -0.25) is 0 Å². The highest BCUT2D eigenvalue weighted by molar-refractivity contribution is 5.76. The predicted octanol–water partition coefficient (Wildman–Crippen LogP) is 2.87. The molecule has 0 bridgehead atoms. The Morgan fingerprint density at radius 3 is 2.17 bits per heavy atom. The maximum atomic E-state index is 12.9. The molecule has 18 heavy (non-hydrogen) atoms. The number of hydrogen-bond donors (Lipinski definition) is 0. The molecule has 0 radical (unpaired) electrons. The number of carbonyl (C=O) groups is 1. The minimum Gasteiger partial charge on any atom is -0.325 e. The highest BCUT2D eigenvalue weighted by Crippen LogP contribution is 2.45. The fourth-order valence-electron chi connectivity index (χ4n) is 3.07. The van der Waals surface area contributed by atoms with Crippen molar-refractivity contribution in [3.8, 4) is 0 Å². The minimum atomic E-state index is -4.23. The number of hydrogen-bond acceptors (Lipinski definition) is 1. The lowest BCUT2D eigenvalue weighted by molar-refractivity contribution is -0.189. The highest BCUT2D eigenvalue weighted by atomic mass is 19.4. The Balaban J connectivity index is 2.13. The Hall–Kier alpha value is -0.940. The molecule has 0 spiro atoms. The molecule has 2 heterocycles. The van der Waals surface area contributed by atoms with E-state index >= 15 is 0 Å². The van der Waals surface area contributed by atoms with Crippen molar-refractivity contribution < 1.29 is 18.0 Å². The van der Waals surface area contributed by atoms with E-state index in [1.807, 2.05) is 0 Å². The quantitative estimate of drug-likeness (QED) is 0.660. The van der Waals surface area contributed by atoms with Crippen molar-refractivity contribution in [3.05, 3.63) is 0 Å². The van der Waals surface area contributed by atoms with Gasteiger partial charge in [0.15, 0.2) is 0 Å². The molecule has 2 aliphatic rings. The molecule has 0 aromatic carbocycles. The van der Waals surface area contributed by atoms with Crippen LogP contribution in [0.4, 0.5) is 18.0 Å². The van der Waals surface area contributed by atoms with E-state index in [1.165, 1.54) is 18.7 Å². The van der Waals surface area contributed by atoms with Gasteiger partial charge in [0, 0.05) is 19.6 Å². The fraction of sp³-hybridized carbons (Fsp3) is 0.917. The van der Waals surface area contributed by atoms with Gasteiger partial charge in [0.2, 0.25) is 0 Å². The van der Waals surface area contributed by atoms with Gasteiger partial charge in [-0.1, -0.05) is 0 Å². The van der Waals surface area contributed by atoms with Crippen LogP contribution in [0.15, 0.2) is 0 Å². The number of alkyl halides is 3. The van der Waals surface area contributed by atoms with Crippen LogP contribution in [-0.4, -0.2) is 47.2 Å². The van der Waals surface area contributed by atoms with Crippen LogP contribution in [0.5, 0.6) is 0 Å². The molecule has 0 saturated carbocycles. The molecule has 2 fully saturated rings. The molecule has 2 aliphatic heterocycles. The van der Waals surface area contributed by atoms with Crippen LogP contribution >= 0.6 is 0 Å². The number of halogens is 3. The zero-order chi connectivity index (χ0) is 13.6. The second kappa shape index (κ2) is 4.31. The summed E-state index contributed by atoms with van der Waals surface area (Å²) in [6, 6.07) is -0.232. The zero-order valence-electron chi connectivity index (χ0n) is 10.8. The molecule has 0 aromatic heterocycles. The first-order valence-corrected chi connectivity index (χ1v) is 6.38. The second-order valence-corrected chi connectivity index (χ2v) is 5.66. The standard InChI is InChI=1S/C12H19F3N2O/c1-11(2)9(12(13,14)15)5-8-17(11)10(18)16-6-3-4-7-16/h9H,3-8H2,1-2H3. The number of likely N-dealkylation sites (tertiary alicyclic amines) is 2. The van der Waals surface area contributed by atoms with Crippen molar-refractivity contribution in [2.24, 2.45) is 5.92 Å². The van der Waals surface area contributed by atoms with Crippen molar-refractivity contribution in [1.29, 1.82) is 0 Å². The van der Waals surface area contributed by atoms with Crippen molar-refractivity contribution in [2.45, 2.75) is 44.8 Å². The van der Waals surface area contributed by atoms with E-state index in [0.717, 1.165) is 12.8 Å². The van der Waals surface area contributed by atoms with Gasteiger partial charge < -0.3 is 9.80 Å². The minimum absolute atomic E-state index is 0.0100. The van der Waals surface area contributed by atoms with Gasteiger partial charge in [-0.2, -0.15) is 13.2 Å². The van der Waals surface area contributed by atoms with Gasteiger partial charge in [-0.05, 0) is 33.1 Å². The van der Waals surface area contributed by atoms with Crippen molar-refractivity contribution in [2.75, 3.05) is 19.6 Å². The second-order valence-electron chi connectivity index (χ2n) is 5.66. The Morgan fingerprint density at radius 1 is 1.17 bits per heavy atom. The van der Waals surface area contributed by atoms with E-state index in [2.05, 4.69) is 0 Å². The first-order valence-electron chi connectivity index (χ1n) is 6.38. The van der Waals surface area contributed by atoms with Crippen LogP contribution < -0.4 is 0 Å². The molecule has 0 aromatic rings. The third-order valence-corrected chi connectivity index (χ3v) is 4.19. The molecule has 0 aliphatic carbocycles. The van der Waals surface area contributed by atoms with Gasteiger partial charge in [0.1, 0.15) is 0 Å². The summed E-state index contributed by atoms with van der Waals surface area (Å²) in [5, 5.41) is 0. The van der Waals surface area contributed by atoms with E-state index in [4.69, 9.17) is 0 Å². The average molecular weight is 264 g/mol. The summed E-state index contributed by atoms with van der Waals surface area (Å²) >= 11 is 0. The van der Waals surface area contributed by atoms with Crippen molar-refractivity contribution >= 4 is 6.03 Å². The van der Waals surface area contributed by atoms with Crippen LogP contribution in [0.2, 0.25) is 0 Å². The van der Waals surface area contributed by atoms with Gasteiger partial charge in [-0.25, -0.2) is 4.79 Å². The summed E-state index contributed by atoms with van der Waals surface area (Å²) in [7, 11) is 0. The molecule has 0 N–H and O–H groups in total. The van der Waals surface area contributed by atoms with E-state index < -0.39 is 17.6 Å². The molecule has 1 unspecified atom stereocenters. The molecule has 6 heteroatoms. The maximum absolute atomic E-state index is 12.9. The summed E-state index contributed by atoms with van der Waals surface area (Å²) < 4.78 is 38.8. The summed E-state index contributed by atoms with van der Waals surface area (Å²) in [5.41, 5.74) is -1.14. The van der Waals surface area contributed by atoms with Gasteiger partial charge in [-0.15, -0.1) is 0 Å². The predicted molar refractivity (Wildman–Crippen MR) is 61.2 cm³/mol. The number of nitrogens with zero attached hydrogens (tertiary/aromatic N) is 2. The summed E-state index contributed by atoms with van der Waals surface area (Å²) in [4.78, 5) is 15.3. The van der Waals surface area contributed by atoms with Gasteiger partial charge in [0.05, 0.1) is 11.5 Å². The van der Waals surface area contributed by atoms with Crippen LogP contribution in [0, 0.1) is 5.92 Å². The van der Waals surface area contributed by atoms with Crippen LogP contribution in [0.3, 0.4) is 0 Å². The van der Waals surface area contributed by atoms with Crippen LogP contribution in [0.25, 0.3) is 0 Å². The topological polar surface area (TPSA) is 23.6 Å². The monoisotopic (exact) mass is 264 g/mol. The number of carbonyl (C=O) groups excluding carboxylic acids is 1. The van der Waals surface area contributed by atoms with Gasteiger partial charge >= 0.3 is 12.2 Å².